The van der Waals surface area contributed by atoms with E-state index in [1.165, 1.54) is 10.5 Å². The maximum Gasteiger partial charge on any atom is 0.410 e. The van der Waals surface area contributed by atoms with Crippen molar-refractivity contribution in [2.45, 2.75) is 203 Å². The van der Waals surface area contributed by atoms with Gasteiger partial charge in [-0.1, -0.05) is 126 Å². The van der Waals surface area contributed by atoms with Crippen LogP contribution in [0.5, 0.6) is 23.0 Å². The van der Waals surface area contributed by atoms with Crippen LogP contribution >= 0.6 is 0 Å². The number of amides is 2. The van der Waals surface area contributed by atoms with Gasteiger partial charge in [-0.3, -0.25) is 19.8 Å². The number of hydrogen-bond acceptors (Lipinski definition) is 9. The summed E-state index contributed by atoms with van der Waals surface area (Å²) < 4.78 is 33.3. The maximum atomic E-state index is 14.7. The van der Waals surface area contributed by atoms with E-state index in [9.17, 15) is 19.7 Å². The fourth-order valence-corrected chi connectivity index (χ4v) is 9.87. The molecular weight excluding hydrogens is 931 g/mol. The van der Waals surface area contributed by atoms with Crippen molar-refractivity contribution in [3.05, 3.63) is 114 Å². The molecule has 4 aromatic carbocycles. The van der Waals surface area contributed by atoms with Gasteiger partial charge in [0.25, 0.3) is 5.69 Å². The minimum absolute atomic E-state index is 0.0276. The standard InChI is InChI=1S/C62H87N3O9/c1-17-24-70-53-39-28-40-32-47(60(8,9)10)35-43(54(40)71-25-18-2)30-44-38-50(63-57(66)51-22-21-23-64(51)58(67)74-62(14,15)16)52(65(68)69)49(56(44)73-27-20-4)37-45-36-48(61(11,12)13)34-42(55(45)72-26-19-3)29-41(53)33-46(31-39)59(5,6)7/h31-36,38,51H,17-30,37H2,1-16H3,(H,63,66)/t51-/m0/s1. The Hall–Kier alpha value is -5.78. The molecule has 0 aromatic heterocycles. The van der Waals surface area contributed by atoms with E-state index in [-0.39, 0.29) is 40.5 Å². The lowest BCUT2D eigenvalue weighted by atomic mass is 9.80. The van der Waals surface area contributed by atoms with Crippen molar-refractivity contribution in [2.75, 3.05) is 38.3 Å². The van der Waals surface area contributed by atoms with Crippen molar-refractivity contribution in [3.8, 4) is 23.0 Å². The molecule has 1 aliphatic heterocycles. The van der Waals surface area contributed by atoms with Crippen molar-refractivity contribution in [1.29, 1.82) is 0 Å². The second-order valence-electron chi connectivity index (χ2n) is 24.5. The zero-order chi connectivity index (χ0) is 54.5. The Kier molecular flexibility index (Phi) is 18.2. The summed E-state index contributed by atoms with van der Waals surface area (Å²) in [7, 11) is 0. The van der Waals surface area contributed by atoms with Crippen LogP contribution in [-0.2, 0) is 51.5 Å². The van der Waals surface area contributed by atoms with Crippen LogP contribution < -0.4 is 24.3 Å². The van der Waals surface area contributed by atoms with Gasteiger partial charge in [0, 0.05) is 37.8 Å². The number of nitro benzene ring substituents is 1. The van der Waals surface area contributed by atoms with Gasteiger partial charge in [0.05, 0.1) is 36.9 Å². The highest BCUT2D eigenvalue weighted by Crippen LogP contribution is 2.47. The van der Waals surface area contributed by atoms with Crippen LogP contribution in [0, 0.1) is 10.1 Å². The highest BCUT2D eigenvalue weighted by molar-refractivity contribution is 5.99. The molecule has 4 aromatic rings. The first-order valence-electron chi connectivity index (χ1n) is 27.3. The Morgan fingerprint density at radius 2 is 0.919 bits per heavy atom. The van der Waals surface area contributed by atoms with Gasteiger partial charge in [-0.15, -0.1) is 0 Å². The molecule has 1 heterocycles. The number of nitrogens with zero attached hydrogens (tertiary/aromatic N) is 2. The van der Waals surface area contributed by atoms with E-state index in [4.69, 9.17) is 23.7 Å². The zero-order valence-electron chi connectivity index (χ0n) is 47.8. The number of carbonyl (C=O) groups excluding carboxylic acids is 2. The summed E-state index contributed by atoms with van der Waals surface area (Å²) >= 11 is 0. The summed E-state index contributed by atoms with van der Waals surface area (Å²) in [5, 5.41) is 17.0. The molecule has 0 radical (unpaired) electrons. The molecule has 0 spiro atoms. The molecular formula is C62H87N3O9. The molecule has 0 saturated carbocycles. The van der Waals surface area contributed by atoms with Gasteiger partial charge >= 0.3 is 6.09 Å². The number of likely N-dealkylation sites (tertiary alicyclic amines) is 1. The topological polar surface area (TPSA) is 139 Å². The molecule has 8 bridgehead atoms. The zero-order valence-corrected chi connectivity index (χ0v) is 47.8. The summed E-state index contributed by atoms with van der Waals surface area (Å²) in [6.45, 7) is 35.6. The van der Waals surface area contributed by atoms with Crippen molar-refractivity contribution >= 4 is 23.4 Å². The van der Waals surface area contributed by atoms with Gasteiger partial charge in [-0.25, -0.2) is 4.79 Å². The number of fused-ring (bicyclic) bond motifs is 8. The number of ether oxygens (including phenoxy) is 5. The van der Waals surface area contributed by atoms with Crippen LogP contribution in [0.3, 0.4) is 0 Å². The van der Waals surface area contributed by atoms with E-state index >= 15 is 0 Å². The van der Waals surface area contributed by atoms with Gasteiger partial charge in [0.2, 0.25) is 5.91 Å². The molecule has 2 aliphatic rings. The lowest BCUT2D eigenvalue weighted by Crippen LogP contribution is -2.45. The van der Waals surface area contributed by atoms with Gasteiger partial charge in [-0.2, -0.15) is 0 Å². The van der Waals surface area contributed by atoms with E-state index in [0.717, 1.165) is 75.3 Å². The molecule has 2 amide bonds. The van der Waals surface area contributed by atoms with E-state index in [1.807, 2.05) is 6.92 Å². The Balaban J connectivity index is 1.79. The molecule has 0 unspecified atom stereocenters. The molecule has 12 heteroatoms. The average Bonchev–Trinajstić information content (AvgIpc) is 3.79. The van der Waals surface area contributed by atoms with Crippen molar-refractivity contribution < 1.29 is 38.2 Å². The highest BCUT2D eigenvalue weighted by atomic mass is 16.6. The summed E-state index contributed by atoms with van der Waals surface area (Å²) in [4.78, 5) is 43.3. The summed E-state index contributed by atoms with van der Waals surface area (Å²) in [5.41, 5.74) is 8.19. The van der Waals surface area contributed by atoms with Crippen molar-refractivity contribution in [1.82, 2.24) is 4.90 Å². The first-order chi connectivity index (χ1) is 34.7. The number of hydrogen-bond donors (Lipinski definition) is 1. The van der Waals surface area contributed by atoms with Crippen LogP contribution in [0.4, 0.5) is 16.2 Å². The van der Waals surface area contributed by atoms with E-state index < -0.39 is 28.6 Å². The van der Waals surface area contributed by atoms with E-state index in [1.54, 1.807) is 26.8 Å². The van der Waals surface area contributed by atoms with Crippen LogP contribution in [0.1, 0.15) is 211 Å². The first-order valence-corrected chi connectivity index (χ1v) is 27.3. The molecule has 1 saturated heterocycles. The summed E-state index contributed by atoms with van der Waals surface area (Å²) in [6.07, 6.45) is 4.63. The summed E-state index contributed by atoms with van der Waals surface area (Å²) in [6, 6.07) is 14.3. The third kappa shape index (κ3) is 13.7. The number of nitro groups is 1. The fraction of sp³-hybridized carbons (Fsp3) is 0.581. The fourth-order valence-electron chi connectivity index (χ4n) is 9.87. The van der Waals surface area contributed by atoms with Gasteiger partial charge in [0.15, 0.2) is 0 Å². The van der Waals surface area contributed by atoms with Gasteiger partial charge in [-0.05, 0) is 132 Å². The molecule has 404 valence electrons. The third-order valence-corrected chi connectivity index (χ3v) is 13.7. The molecule has 1 atom stereocenters. The number of anilines is 1. The van der Waals surface area contributed by atoms with Crippen molar-refractivity contribution in [2.24, 2.45) is 0 Å². The Morgan fingerprint density at radius 1 is 0.568 bits per heavy atom. The molecule has 1 fully saturated rings. The second-order valence-corrected chi connectivity index (χ2v) is 24.5. The smallest absolute Gasteiger partial charge is 0.410 e. The molecule has 6 rings (SSSR count). The summed E-state index contributed by atoms with van der Waals surface area (Å²) in [5.74, 6) is 2.13. The maximum absolute atomic E-state index is 14.7. The lowest BCUT2D eigenvalue weighted by Gasteiger charge is -2.29. The first kappa shape index (κ1) is 57.5. The average molecular weight is 1020 g/mol. The Morgan fingerprint density at radius 3 is 1.26 bits per heavy atom. The minimum atomic E-state index is -0.903. The van der Waals surface area contributed by atoms with E-state index in [0.29, 0.717) is 87.7 Å². The quantitative estimate of drug-likeness (QED) is 0.0802. The van der Waals surface area contributed by atoms with Gasteiger partial charge in [0.1, 0.15) is 40.3 Å². The molecule has 1 N–H and O–H groups in total. The van der Waals surface area contributed by atoms with Gasteiger partial charge < -0.3 is 29.0 Å². The number of nitrogens with one attached hydrogen (secondary N) is 1. The number of rotatable bonds is 15. The molecule has 1 aliphatic carbocycles. The Labute approximate surface area is 442 Å². The second kappa shape index (κ2) is 23.4. The monoisotopic (exact) mass is 1020 g/mol. The van der Waals surface area contributed by atoms with Crippen LogP contribution in [0.25, 0.3) is 0 Å². The molecule has 74 heavy (non-hydrogen) atoms. The van der Waals surface area contributed by atoms with Crippen LogP contribution in [-0.4, -0.2) is 66.4 Å². The largest absolute Gasteiger partial charge is 0.493 e. The lowest BCUT2D eigenvalue weighted by molar-refractivity contribution is -0.384. The predicted molar refractivity (Wildman–Crippen MR) is 297 cm³/mol. The minimum Gasteiger partial charge on any atom is -0.493 e. The van der Waals surface area contributed by atoms with E-state index in [2.05, 4.69) is 125 Å². The van der Waals surface area contributed by atoms with Crippen molar-refractivity contribution in [3.63, 3.8) is 0 Å². The predicted octanol–water partition coefficient (Wildman–Crippen LogP) is 14.7. The van der Waals surface area contributed by atoms with Crippen LogP contribution in [0.2, 0.25) is 0 Å². The third-order valence-electron chi connectivity index (χ3n) is 13.7. The Bertz CT molecular complexity index is 2680. The normalized spacial score (nSPS) is 15.1. The number of benzene rings is 4. The highest BCUT2D eigenvalue weighted by Gasteiger charge is 2.39. The SMILES string of the molecule is CCCOc1c2cc(C(C)(C)C)cc1Cc1cc(C(C)(C)C)cc(c1OCCC)Cc1c(OCCC)c(cc(NC(=O)[C@@H]3CCCN3C(=O)OC(C)(C)C)c1[N+](=O)[O-])Cc1cc(C(C)(C)C)cc(c1OCCC)C2. The number of carbonyl (C=O) groups is 2. The molecule has 12 nitrogen and oxygen atoms in total. The van der Waals surface area contributed by atoms with Crippen LogP contribution in [0.15, 0.2) is 42.5 Å².